The molecule has 1 aromatic heterocycles. The first-order chi connectivity index (χ1) is 11.6. The Balaban J connectivity index is 1.39. The van der Waals surface area contributed by atoms with Gasteiger partial charge in [0.1, 0.15) is 0 Å². The number of hydrogen-bond acceptors (Lipinski definition) is 5. The van der Waals surface area contributed by atoms with Crippen molar-refractivity contribution < 1.29 is 13.2 Å². The van der Waals surface area contributed by atoms with Gasteiger partial charge >= 0.3 is 0 Å². The quantitative estimate of drug-likeness (QED) is 0.813. The molecule has 0 spiro atoms. The first-order valence-electron chi connectivity index (χ1n) is 8.85. The molecule has 3 aliphatic rings. The molecule has 2 saturated heterocycles. The topological polar surface area (TPSA) is 62.7 Å². The van der Waals surface area contributed by atoms with Crippen molar-refractivity contribution in [1.29, 1.82) is 0 Å². The van der Waals surface area contributed by atoms with E-state index in [0.29, 0.717) is 25.6 Å². The molecule has 0 radical (unpaired) electrons. The molecule has 0 amide bonds. The monoisotopic (exact) mass is 351 g/mol. The summed E-state index contributed by atoms with van der Waals surface area (Å²) in [6.07, 6.45) is 6.28. The molecule has 1 aliphatic carbocycles. The molecule has 1 saturated carbocycles. The van der Waals surface area contributed by atoms with Gasteiger partial charge in [-0.25, -0.2) is 8.42 Å². The molecule has 4 rings (SSSR count). The standard InChI is InChI=1S/C17H25N3O3S/c21-24(22,16-3-4-16)20-7-5-15-12-19(8-9-23-17(15)13-20)11-14-2-1-6-18-10-14/h1-2,6,10,15-17H,3-5,7-9,11-13H2/t15-,17-/m0/s1. The highest BCUT2D eigenvalue weighted by atomic mass is 32.2. The molecule has 0 bridgehead atoms. The second-order valence-electron chi connectivity index (χ2n) is 7.16. The van der Waals surface area contributed by atoms with Crippen LogP contribution in [0, 0.1) is 5.92 Å². The average Bonchev–Trinajstić information content (AvgIpc) is 3.42. The molecule has 3 fully saturated rings. The number of hydrogen-bond donors (Lipinski definition) is 0. The zero-order valence-electron chi connectivity index (χ0n) is 13.9. The Morgan fingerprint density at radius 3 is 2.83 bits per heavy atom. The molecular formula is C17H25N3O3S. The van der Waals surface area contributed by atoms with E-state index >= 15 is 0 Å². The Morgan fingerprint density at radius 1 is 1.21 bits per heavy atom. The highest BCUT2D eigenvalue weighted by Gasteiger charge is 2.44. The number of piperidine rings is 1. The van der Waals surface area contributed by atoms with Crippen LogP contribution in [0.25, 0.3) is 0 Å². The van der Waals surface area contributed by atoms with E-state index in [-0.39, 0.29) is 11.4 Å². The van der Waals surface area contributed by atoms with E-state index < -0.39 is 10.0 Å². The average molecular weight is 351 g/mol. The predicted molar refractivity (Wildman–Crippen MR) is 90.9 cm³/mol. The van der Waals surface area contributed by atoms with Crippen molar-refractivity contribution in [2.24, 2.45) is 5.92 Å². The summed E-state index contributed by atoms with van der Waals surface area (Å²) in [4.78, 5) is 6.59. The van der Waals surface area contributed by atoms with Gasteiger partial charge < -0.3 is 4.74 Å². The van der Waals surface area contributed by atoms with Crippen LogP contribution in [0.5, 0.6) is 0 Å². The fraction of sp³-hybridized carbons (Fsp3) is 0.706. The molecule has 24 heavy (non-hydrogen) atoms. The van der Waals surface area contributed by atoms with E-state index in [9.17, 15) is 8.42 Å². The summed E-state index contributed by atoms with van der Waals surface area (Å²) in [5.74, 6) is 0.412. The van der Waals surface area contributed by atoms with Crippen LogP contribution < -0.4 is 0 Å². The van der Waals surface area contributed by atoms with Gasteiger partial charge in [0.05, 0.1) is 18.0 Å². The van der Waals surface area contributed by atoms with Crippen LogP contribution in [0.2, 0.25) is 0 Å². The van der Waals surface area contributed by atoms with Crippen LogP contribution in [0.4, 0.5) is 0 Å². The number of sulfonamides is 1. The van der Waals surface area contributed by atoms with Crippen molar-refractivity contribution in [3.63, 3.8) is 0 Å². The lowest BCUT2D eigenvalue weighted by Gasteiger charge is -2.37. The SMILES string of the molecule is O=S(=O)(C1CC1)N1CC[C@H]2CN(Cc3cccnc3)CCO[C@H]2C1. The number of ether oxygens (including phenoxy) is 1. The molecule has 0 N–H and O–H groups in total. The maximum absolute atomic E-state index is 12.5. The first-order valence-corrected chi connectivity index (χ1v) is 10.3. The van der Waals surface area contributed by atoms with Gasteiger partial charge in [-0.2, -0.15) is 4.31 Å². The number of nitrogens with zero attached hydrogens (tertiary/aromatic N) is 3. The summed E-state index contributed by atoms with van der Waals surface area (Å²) in [6.45, 7) is 4.58. The smallest absolute Gasteiger partial charge is 0.217 e. The van der Waals surface area contributed by atoms with Gasteiger partial charge in [-0.3, -0.25) is 9.88 Å². The van der Waals surface area contributed by atoms with Crippen LogP contribution in [0.3, 0.4) is 0 Å². The van der Waals surface area contributed by atoms with E-state index in [4.69, 9.17) is 4.74 Å². The lowest BCUT2D eigenvalue weighted by molar-refractivity contribution is -0.00194. The van der Waals surface area contributed by atoms with Crippen molar-refractivity contribution in [3.05, 3.63) is 30.1 Å². The third-order valence-electron chi connectivity index (χ3n) is 5.33. The van der Waals surface area contributed by atoms with Gasteiger partial charge in [0.15, 0.2) is 0 Å². The fourth-order valence-electron chi connectivity index (χ4n) is 3.79. The Hall–Kier alpha value is -1.02. The van der Waals surface area contributed by atoms with Crippen LogP contribution in [0.15, 0.2) is 24.5 Å². The van der Waals surface area contributed by atoms with Crippen molar-refractivity contribution >= 4 is 10.0 Å². The van der Waals surface area contributed by atoms with E-state index in [1.165, 1.54) is 5.56 Å². The summed E-state index contributed by atoms with van der Waals surface area (Å²) < 4.78 is 32.7. The van der Waals surface area contributed by atoms with Crippen molar-refractivity contribution in [1.82, 2.24) is 14.2 Å². The Labute approximate surface area is 143 Å². The van der Waals surface area contributed by atoms with Gasteiger partial charge in [-0.05, 0) is 30.9 Å². The lowest BCUT2D eigenvalue weighted by atomic mass is 9.94. The second kappa shape index (κ2) is 6.71. The Kier molecular flexibility index (Phi) is 4.60. The first kappa shape index (κ1) is 16.4. The van der Waals surface area contributed by atoms with Gasteiger partial charge in [-0.15, -0.1) is 0 Å². The minimum Gasteiger partial charge on any atom is -0.375 e. The number of fused-ring (bicyclic) bond motifs is 1. The van der Waals surface area contributed by atoms with E-state index in [1.807, 2.05) is 12.3 Å². The number of pyridine rings is 1. The third-order valence-corrected chi connectivity index (χ3v) is 7.69. The Bertz CT molecular complexity index is 663. The number of rotatable bonds is 4. The van der Waals surface area contributed by atoms with Gasteiger partial charge in [0.2, 0.25) is 10.0 Å². The summed E-state index contributed by atoms with van der Waals surface area (Å²) >= 11 is 0. The van der Waals surface area contributed by atoms with Crippen molar-refractivity contribution in [2.45, 2.75) is 37.2 Å². The Morgan fingerprint density at radius 2 is 2.08 bits per heavy atom. The maximum Gasteiger partial charge on any atom is 0.217 e. The van der Waals surface area contributed by atoms with Crippen LogP contribution in [-0.2, 0) is 21.3 Å². The zero-order chi connectivity index (χ0) is 16.6. The minimum atomic E-state index is -3.08. The van der Waals surface area contributed by atoms with Gasteiger partial charge in [0.25, 0.3) is 0 Å². The van der Waals surface area contributed by atoms with Crippen molar-refractivity contribution in [3.8, 4) is 0 Å². The van der Waals surface area contributed by atoms with Crippen LogP contribution >= 0.6 is 0 Å². The molecule has 2 atom stereocenters. The fourth-order valence-corrected chi connectivity index (χ4v) is 5.66. The summed E-state index contributed by atoms with van der Waals surface area (Å²) in [5.41, 5.74) is 1.21. The van der Waals surface area contributed by atoms with Gasteiger partial charge in [-0.1, -0.05) is 6.07 Å². The molecule has 132 valence electrons. The van der Waals surface area contributed by atoms with Crippen molar-refractivity contribution in [2.75, 3.05) is 32.8 Å². The highest BCUT2D eigenvalue weighted by Crippen LogP contribution is 2.34. The third kappa shape index (κ3) is 3.49. The second-order valence-corrected chi connectivity index (χ2v) is 9.37. The highest BCUT2D eigenvalue weighted by molar-refractivity contribution is 7.90. The molecule has 2 aliphatic heterocycles. The van der Waals surface area contributed by atoms with Crippen LogP contribution in [0.1, 0.15) is 24.8 Å². The van der Waals surface area contributed by atoms with Crippen LogP contribution in [-0.4, -0.2) is 66.7 Å². The molecule has 0 unspecified atom stereocenters. The molecule has 7 heteroatoms. The van der Waals surface area contributed by atoms with Gasteiger partial charge in [0, 0.05) is 51.0 Å². The molecule has 0 aromatic carbocycles. The molecule has 3 heterocycles. The molecule has 1 aromatic rings. The zero-order valence-corrected chi connectivity index (χ0v) is 14.7. The summed E-state index contributed by atoms with van der Waals surface area (Å²) in [7, 11) is -3.08. The lowest BCUT2D eigenvalue weighted by Crippen LogP contribution is -2.49. The van der Waals surface area contributed by atoms with E-state index in [1.54, 1.807) is 10.5 Å². The van der Waals surface area contributed by atoms with E-state index in [2.05, 4.69) is 16.0 Å². The number of aromatic nitrogens is 1. The normalized spacial score (nSPS) is 29.8. The molecular weight excluding hydrogens is 326 g/mol. The van der Waals surface area contributed by atoms with E-state index in [0.717, 1.165) is 38.9 Å². The molecule has 6 nitrogen and oxygen atoms in total. The maximum atomic E-state index is 12.5. The summed E-state index contributed by atoms with van der Waals surface area (Å²) in [6, 6.07) is 4.06. The summed E-state index contributed by atoms with van der Waals surface area (Å²) in [5, 5.41) is -0.123. The predicted octanol–water partition coefficient (Wildman–Crippen LogP) is 1.10. The largest absolute Gasteiger partial charge is 0.375 e. The minimum absolute atomic E-state index is 0.0335.